The van der Waals surface area contributed by atoms with E-state index in [4.69, 9.17) is 0 Å². The summed E-state index contributed by atoms with van der Waals surface area (Å²) in [5.41, 5.74) is -0.0908. The maximum atomic E-state index is 9.65. The van der Waals surface area contributed by atoms with E-state index >= 15 is 0 Å². The van der Waals surface area contributed by atoms with Gasteiger partial charge in [0.05, 0.1) is 11.5 Å². The molecule has 1 atom stereocenters. The summed E-state index contributed by atoms with van der Waals surface area (Å²) >= 11 is 0. The van der Waals surface area contributed by atoms with Crippen LogP contribution in [0.15, 0.2) is 6.33 Å². The third-order valence-corrected chi connectivity index (χ3v) is 2.95. The molecule has 1 aromatic heterocycles. The highest BCUT2D eigenvalue weighted by atomic mass is 16.3. The molecule has 0 aromatic carbocycles. The number of rotatable bonds is 3. The highest BCUT2D eigenvalue weighted by Crippen LogP contribution is 2.49. The van der Waals surface area contributed by atoms with Gasteiger partial charge in [-0.05, 0) is 26.7 Å². The fourth-order valence-electron chi connectivity index (χ4n) is 1.84. The number of hydrogen-bond donors (Lipinski definition) is 1. The van der Waals surface area contributed by atoms with Crippen LogP contribution in [0.1, 0.15) is 32.5 Å². The minimum atomic E-state index is -0.318. The average molecular weight is 181 g/mol. The van der Waals surface area contributed by atoms with E-state index in [1.165, 1.54) is 0 Å². The topological polar surface area (TPSA) is 50.9 Å². The van der Waals surface area contributed by atoms with Crippen molar-refractivity contribution in [2.45, 2.75) is 44.8 Å². The molecule has 0 spiro atoms. The molecule has 0 amide bonds. The molecule has 0 saturated heterocycles. The predicted octanol–water partition coefficient (Wildman–Crippen LogP) is 0.710. The smallest absolute Gasteiger partial charge is 0.138 e. The van der Waals surface area contributed by atoms with E-state index in [-0.39, 0.29) is 11.5 Å². The molecule has 13 heavy (non-hydrogen) atoms. The first-order chi connectivity index (χ1) is 6.20. The molecule has 1 aliphatic rings. The van der Waals surface area contributed by atoms with Gasteiger partial charge in [-0.1, -0.05) is 0 Å². The van der Waals surface area contributed by atoms with Gasteiger partial charge in [-0.15, -0.1) is 0 Å². The third kappa shape index (κ3) is 1.16. The molecule has 1 aromatic rings. The van der Waals surface area contributed by atoms with Gasteiger partial charge in [0, 0.05) is 6.54 Å². The third-order valence-electron chi connectivity index (χ3n) is 2.95. The number of aromatic nitrogens is 3. The van der Waals surface area contributed by atoms with Gasteiger partial charge in [0.1, 0.15) is 12.2 Å². The zero-order valence-corrected chi connectivity index (χ0v) is 8.06. The Labute approximate surface area is 77.6 Å². The molecular weight excluding hydrogens is 166 g/mol. The monoisotopic (exact) mass is 181 g/mol. The van der Waals surface area contributed by atoms with E-state index in [0.29, 0.717) is 0 Å². The van der Waals surface area contributed by atoms with E-state index < -0.39 is 0 Å². The van der Waals surface area contributed by atoms with E-state index in [1.807, 2.05) is 18.5 Å². The van der Waals surface area contributed by atoms with Crippen molar-refractivity contribution < 1.29 is 5.11 Å². The quantitative estimate of drug-likeness (QED) is 0.747. The van der Waals surface area contributed by atoms with Crippen molar-refractivity contribution in [3.8, 4) is 0 Å². The number of aryl methyl sites for hydroxylation is 1. The second-order valence-electron chi connectivity index (χ2n) is 3.73. The second kappa shape index (κ2) is 2.80. The maximum Gasteiger partial charge on any atom is 0.138 e. The fourth-order valence-corrected chi connectivity index (χ4v) is 1.84. The van der Waals surface area contributed by atoms with Crippen LogP contribution in [0.5, 0.6) is 0 Å². The van der Waals surface area contributed by atoms with Gasteiger partial charge in [-0.3, -0.25) is 0 Å². The molecule has 0 aliphatic heterocycles. The molecule has 1 saturated carbocycles. The Balaban J connectivity index is 2.34. The van der Waals surface area contributed by atoms with Crippen molar-refractivity contribution in [1.29, 1.82) is 0 Å². The first-order valence-corrected chi connectivity index (χ1v) is 4.77. The molecule has 1 aliphatic carbocycles. The Morgan fingerprint density at radius 3 is 2.85 bits per heavy atom. The van der Waals surface area contributed by atoms with Gasteiger partial charge in [0.15, 0.2) is 0 Å². The summed E-state index contributed by atoms with van der Waals surface area (Å²) in [4.78, 5) is 4.23. The lowest BCUT2D eigenvalue weighted by atomic mass is 10.00. The van der Waals surface area contributed by atoms with Gasteiger partial charge in [0.25, 0.3) is 0 Å². The standard InChI is InChI=1S/C9H15N3O/c1-3-12-8(10-6-11-12)9(4-5-9)7(2)13/h6-7,13H,3-5H2,1-2H3. The first kappa shape index (κ1) is 8.69. The molecule has 0 bridgehead atoms. The van der Waals surface area contributed by atoms with Crippen molar-refractivity contribution in [2.24, 2.45) is 0 Å². The van der Waals surface area contributed by atoms with Crippen molar-refractivity contribution in [3.05, 3.63) is 12.2 Å². The van der Waals surface area contributed by atoms with Crippen LogP contribution in [0.3, 0.4) is 0 Å². The predicted molar refractivity (Wildman–Crippen MR) is 48.3 cm³/mol. The van der Waals surface area contributed by atoms with Gasteiger partial charge in [-0.2, -0.15) is 5.10 Å². The van der Waals surface area contributed by atoms with Gasteiger partial charge < -0.3 is 5.11 Å². The highest BCUT2D eigenvalue weighted by molar-refractivity contribution is 5.20. The number of aliphatic hydroxyl groups is 1. The number of nitrogens with zero attached hydrogens (tertiary/aromatic N) is 3. The van der Waals surface area contributed by atoms with Crippen LogP contribution in [0.4, 0.5) is 0 Å². The lowest BCUT2D eigenvalue weighted by molar-refractivity contribution is 0.144. The summed E-state index contributed by atoms with van der Waals surface area (Å²) in [6.07, 6.45) is 3.32. The van der Waals surface area contributed by atoms with Gasteiger partial charge in [0.2, 0.25) is 0 Å². The maximum absolute atomic E-state index is 9.65. The Kier molecular flexibility index (Phi) is 1.87. The van der Waals surface area contributed by atoms with Crippen LogP contribution >= 0.6 is 0 Å². The molecule has 72 valence electrons. The molecule has 4 nitrogen and oxygen atoms in total. The fraction of sp³-hybridized carbons (Fsp3) is 0.778. The van der Waals surface area contributed by atoms with Crippen LogP contribution in [0.2, 0.25) is 0 Å². The van der Waals surface area contributed by atoms with Crippen molar-refractivity contribution >= 4 is 0 Å². The largest absolute Gasteiger partial charge is 0.392 e. The number of aliphatic hydroxyl groups excluding tert-OH is 1. The van der Waals surface area contributed by atoms with Crippen LogP contribution in [-0.2, 0) is 12.0 Å². The highest BCUT2D eigenvalue weighted by Gasteiger charge is 2.51. The zero-order chi connectivity index (χ0) is 9.47. The normalized spacial score (nSPS) is 21.5. The van der Waals surface area contributed by atoms with E-state index in [0.717, 1.165) is 25.2 Å². The van der Waals surface area contributed by atoms with Crippen LogP contribution in [-0.4, -0.2) is 26.0 Å². The van der Waals surface area contributed by atoms with Crippen LogP contribution in [0, 0.1) is 0 Å². The summed E-state index contributed by atoms with van der Waals surface area (Å²) in [5, 5.41) is 13.8. The minimum Gasteiger partial charge on any atom is -0.392 e. The zero-order valence-electron chi connectivity index (χ0n) is 8.06. The van der Waals surface area contributed by atoms with Crippen LogP contribution in [0.25, 0.3) is 0 Å². The molecule has 1 heterocycles. The molecular formula is C9H15N3O. The van der Waals surface area contributed by atoms with E-state index in [9.17, 15) is 5.11 Å². The summed E-state index contributed by atoms with van der Waals surface area (Å²) in [7, 11) is 0. The summed E-state index contributed by atoms with van der Waals surface area (Å²) in [5.74, 6) is 0.949. The second-order valence-corrected chi connectivity index (χ2v) is 3.73. The number of hydrogen-bond acceptors (Lipinski definition) is 3. The van der Waals surface area contributed by atoms with Gasteiger partial charge in [-0.25, -0.2) is 9.67 Å². The Hall–Kier alpha value is -0.900. The SMILES string of the molecule is CCn1ncnc1C1(C(C)O)CC1. The van der Waals surface area contributed by atoms with Crippen LogP contribution < -0.4 is 0 Å². The van der Waals surface area contributed by atoms with E-state index in [1.54, 1.807) is 6.33 Å². The van der Waals surface area contributed by atoms with E-state index in [2.05, 4.69) is 10.1 Å². The summed E-state index contributed by atoms with van der Waals surface area (Å²) < 4.78 is 1.87. The molecule has 1 N–H and O–H groups in total. The van der Waals surface area contributed by atoms with Crippen molar-refractivity contribution in [2.75, 3.05) is 0 Å². The lowest BCUT2D eigenvalue weighted by Crippen LogP contribution is -2.26. The minimum absolute atomic E-state index is 0.0908. The molecule has 2 rings (SSSR count). The van der Waals surface area contributed by atoms with Crippen molar-refractivity contribution in [1.82, 2.24) is 14.8 Å². The summed E-state index contributed by atoms with van der Waals surface area (Å²) in [6.45, 7) is 4.70. The Morgan fingerprint density at radius 1 is 1.69 bits per heavy atom. The first-order valence-electron chi connectivity index (χ1n) is 4.77. The molecule has 4 heteroatoms. The van der Waals surface area contributed by atoms with Gasteiger partial charge >= 0.3 is 0 Å². The lowest BCUT2D eigenvalue weighted by Gasteiger charge is -2.17. The average Bonchev–Trinajstić information content (AvgIpc) is 2.78. The Morgan fingerprint density at radius 2 is 2.38 bits per heavy atom. The van der Waals surface area contributed by atoms with Crippen molar-refractivity contribution in [3.63, 3.8) is 0 Å². The Bertz CT molecular complexity index is 302. The molecule has 1 fully saturated rings. The molecule has 1 unspecified atom stereocenters. The molecule has 0 radical (unpaired) electrons. The summed E-state index contributed by atoms with van der Waals surface area (Å²) in [6, 6.07) is 0.